The monoisotopic (exact) mass is 356 g/mol. The molecule has 1 amide bonds. The third-order valence-electron chi connectivity index (χ3n) is 3.86. The van der Waals surface area contributed by atoms with Crippen LogP contribution < -0.4 is 20.1 Å². The Bertz CT molecular complexity index is 729. The number of ether oxygens (including phenoxy) is 2. The SMILES string of the molecule is CCOc1ccc(OCC)c(NC(=O)CNc2ccccc2C(C)C)c1. The lowest BCUT2D eigenvalue weighted by Gasteiger charge is -2.16. The standard InChI is InChI=1S/C21H28N2O3/c1-5-25-16-11-12-20(26-6-2)19(13-16)23-21(24)14-22-18-10-8-7-9-17(18)15(3)4/h7-13,15,22H,5-6,14H2,1-4H3,(H,23,24). The first kappa shape index (κ1) is 19.6. The number of carbonyl (C=O) groups is 1. The van der Waals surface area contributed by atoms with Crippen LogP contribution in [-0.2, 0) is 4.79 Å². The molecular formula is C21H28N2O3. The van der Waals surface area contributed by atoms with Gasteiger partial charge in [0.1, 0.15) is 11.5 Å². The number of nitrogens with one attached hydrogen (secondary N) is 2. The fraction of sp³-hybridized carbons (Fsp3) is 0.381. The summed E-state index contributed by atoms with van der Waals surface area (Å²) < 4.78 is 11.1. The van der Waals surface area contributed by atoms with Crippen molar-refractivity contribution >= 4 is 17.3 Å². The van der Waals surface area contributed by atoms with Gasteiger partial charge in [0.15, 0.2) is 0 Å². The predicted octanol–water partition coefficient (Wildman–Crippen LogP) is 4.66. The number of carbonyl (C=O) groups excluding carboxylic acids is 1. The molecule has 5 heteroatoms. The first-order valence-electron chi connectivity index (χ1n) is 9.07. The van der Waals surface area contributed by atoms with E-state index in [0.29, 0.717) is 36.3 Å². The van der Waals surface area contributed by atoms with Gasteiger partial charge in [0.2, 0.25) is 5.91 Å². The summed E-state index contributed by atoms with van der Waals surface area (Å²) >= 11 is 0. The second-order valence-corrected chi connectivity index (χ2v) is 6.17. The third kappa shape index (κ3) is 5.41. The second kappa shape index (κ2) is 9.70. The number of hydrogen-bond acceptors (Lipinski definition) is 4. The predicted molar refractivity (Wildman–Crippen MR) is 106 cm³/mol. The van der Waals surface area contributed by atoms with Crippen molar-refractivity contribution in [3.8, 4) is 11.5 Å². The fourth-order valence-electron chi connectivity index (χ4n) is 2.68. The molecule has 5 nitrogen and oxygen atoms in total. The summed E-state index contributed by atoms with van der Waals surface area (Å²) in [6.45, 7) is 9.36. The summed E-state index contributed by atoms with van der Waals surface area (Å²) in [4.78, 5) is 12.4. The zero-order valence-corrected chi connectivity index (χ0v) is 16.0. The van der Waals surface area contributed by atoms with Crippen LogP contribution in [0.5, 0.6) is 11.5 Å². The Balaban J connectivity index is 2.06. The van der Waals surface area contributed by atoms with Gasteiger partial charge in [-0.1, -0.05) is 32.0 Å². The Morgan fingerprint density at radius 3 is 2.42 bits per heavy atom. The van der Waals surface area contributed by atoms with Gasteiger partial charge in [-0.25, -0.2) is 0 Å². The lowest BCUT2D eigenvalue weighted by Crippen LogP contribution is -2.22. The van der Waals surface area contributed by atoms with E-state index in [1.807, 2.05) is 44.2 Å². The summed E-state index contributed by atoms with van der Waals surface area (Å²) in [5.74, 6) is 1.57. The Morgan fingerprint density at radius 1 is 1.00 bits per heavy atom. The lowest BCUT2D eigenvalue weighted by molar-refractivity contribution is -0.114. The van der Waals surface area contributed by atoms with Crippen LogP contribution in [0.3, 0.4) is 0 Å². The smallest absolute Gasteiger partial charge is 0.243 e. The number of anilines is 2. The number of benzene rings is 2. The molecule has 2 aromatic carbocycles. The van der Waals surface area contributed by atoms with Gasteiger partial charge in [-0.3, -0.25) is 4.79 Å². The zero-order chi connectivity index (χ0) is 18.9. The third-order valence-corrected chi connectivity index (χ3v) is 3.86. The molecule has 0 aliphatic heterocycles. The molecule has 2 N–H and O–H groups in total. The molecule has 140 valence electrons. The first-order chi connectivity index (χ1) is 12.5. The van der Waals surface area contributed by atoms with Crippen LogP contribution in [0.25, 0.3) is 0 Å². The molecule has 0 aromatic heterocycles. The maximum atomic E-state index is 12.4. The van der Waals surface area contributed by atoms with E-state index in [0.717, 1.165) is 5.69 Å². The maximum Gasteiger partial charge on any atom is 0.243 e. The largest absolute Gasteiger partial charge is 0.494 e. The van der Waals surface area contributed by atoms with E-state index >= 15 is 0 Å². The van der Waals surface area contributed by atoms with Crippen molar-refractivity contribution in [2.24, 2.45) is 0 Å². The van der Waals surface area contributed by atoms with Crippen molar-refractivity contribution < 1.29 is 14.3 Å². The highest BCUT2D eigenvalue weighted by molar-refractivity contribution is 5.95. The highest BCUT2D eigenvalue weighted by atomic mass is 16.5. The van der Waals surface area contributed by atoms with Crippen molar-refractivity contribution in [3.63, 3.8) is 0 Å². The molecule has 0 bridgehead atoms. The van der Waals surface area contributed by atoms with Gasteiger partial charge in [-0.2, -0.15) is 0 Å². The van der Waals surface area contributed by atoms with Gasteiger partial charge < -0.3 is 20.1 Å². The van der Waals surface area contributed by atoms with E-state index in [2.05, 4.69) is 30.5 Å². The quantitative estimate of drug-likeness (QED) is 0.686. The fourth-order valence-corrected chi connectivity index (χ4v) is 2.68. The van der Waals surface area contributed by atoms with Crippen molar-refractivity contribution in [2.45, 2.75) is 33.6 Å². The first-order valence-corrected chi connectivity index (χ1v) is 9.07. The van der Waals surface area contributed by atoms with E-state index in [-0.39, 0.29) is 12.5 Å². The molecule has 0 atom stereocenters. The molecule has 26 heavy (non-hydrogen) atoms. The molecule has 0 aliphatic rings. The van der Waals surface area contributed by atoms with Gasteiger partial charge in [0.25, 0.3) is 0 Å². The minimum Gasteiger partial charge on any atom is -0.494 e. The normalized spacial score (nSPS) is 10.5. The number of para-hydroxylation sites is 1. The Hall–Kier alpha value is -2.69. The summed E-state index contributed by atoms with van der Waals surface area (Å²) in [7, 11) is 0. The molecule has 0 saturated carbocycles. The second-order valence-electron chi connectivity index (χ2n) is 6.17. The van der Waals surface area contributed by atoms with E-state index in [1.54, 1.807) is 6.07 Å². The summed E-state index contributed by atoms with van der Waals surface area (Å²) in [6.07, 6.45) is 0. The van der Waals surface area contributed by atoms with Crippen molar-refractivity contribution in [2.75, 3.05) is 30.4 Å². The molecule has 0 saturated heterocycles. The molecule has 0 radical (unpaired) electrons. The van der Waals surface area contributed by atoms with E-state index in [9.17, 15) is 4.79 Å². The number of amides is 1. The van der Waals surface area contributed by atoms with Gasteiger partial charge >= 0.3 is 0 Å². The highest BCUT2D eigenvalue weighted by Gasteiger charge is 2.11. The summed E-state index contributed by atoms with van der Waals surface area (Å²) in [5.41, 5.74) is 2.78. The molecule has 2 aromatic rings. The molecular weight excluding hydrogens is 328 g/mol. The average molecular weight is 356 g/mol. The number of hydrogen-bond donors (Lipinski definition) is 2. The van der Waals surface area contributed by atoms with E-state index in [1.165, 1.54) is 5.56 Å². The molecule has 0 heterocycles. The minimum absolute atomic E-state index is 0.141. The lowest BCUT2D eigenvalue weighted by atomic mass is 10.0. The van der Waals surface area contributed by atoms with Gasteiger partial charge in [-0.15, -0.1) is 0 Å². The van der Waals surface area contributed by atoms with Gasteiger partial charge in [0.05, 0.1) is 25.4 Å². The van der Waals surface area contributed by atoms with Crippen LogP contribution in [-0.4, -0.2) is 25.7 Å². The van der Waals surface area contributed by atoms with Crippen LogP contribution in [0.2, 0.25) is 0 Å². The molecule has 0 unspecified atom stereocenters. The van der Waals surface area contributed by atoms with Crippen molar-refractivity contribution in [1.82, 2.24) is 0 Å². The van der Waals surface area contributed by atoms with E-state index < -0.39 is 0 Å². The van der Waals surface area contributed by atoms with Gasteiger partial charge in [-0.05, 0) is 43.5 Å². The van der Waals surface area contributed by atoms with Crippen LogP contribution in [0.1, 0.15) is 39.2 Å². The molecule has 0 aliphatic carbocycles. The number of rotatable bonds is 9. The van der Waals surface area contributed by atoms with Crippen LogP contribution in [0, 0.1) is 0 Å². The van der Waals surface area contributed by atoms with E-state index in [4.69, 9.17) is 9.47 Å². The van der Waals surface area contributed by atoms with Gasteiger partial charge in [0, 0.05) is 11.8 Å². The Kier molecular flexibility index (Phi) is 7.33. The summed E-state index contributed by atoms with van der Waals surface area (Å²) in [6, 6.07) is 13.5. The maximum absolute atomic E-state index is 12.4. The van der Waals surface area contributed by atoms with Crippen molar-refractivity contribution in [3.05, 3.63) is 48.0 Å². The van der Waals surface area contributed by atoms with Crippen LogP contribution in [0.4, 0.5) is 11.4 Å². The topological polar surface area (TPSA) is 59.6 Å². The summed E-state index contributed by atoms with van der Waals surface area (Å²) in [5, 5.41) is 6.13. The Morgan fingerprint density at radius 2 is 1.73 bits per heavy atom. The average Bonchev–Trinajstić information content (AvgIpc) is 2.62. The van der Waals surface area contributed by atoms with Crippen molar-refractivity contribution in [1.29, 1.82) is 0 Å². The Labute approximate surface area is 155 Å². The molecule has 0 fully saturated rings. The molecule has 0 spiro atoms. The van der Waals surface area contributed by atoms with Crippen LogP contribution >= 0.6 is 0 Å². The highest BCUT2D eigenvalue weighted by Crippen LogP contribution is 2.29. The zero-order valence-electron chi connectivity index (χ0n) is 16.0. The molecule has 2 rings (SSSR count). The minimum atomic E-state index is -0.141. The van der Waals surface area contributed by atoms with Crippen LogP contribution in [0.15, 0.2) is 42.5 Å².